The van der Waals surface area contributed by atoms with Crippen molar-refractivity contribution in [1.29, 1.82) is 0 Å². The second kappa shape index (κ2) is 9.63. The number of fused-ring (bicyclic) bond motifs is 1. The van der Waals surface area contributed by atoms with E-state index in [0.717, 1.165) is 22.0 Å². The van der Waals surface area contributed by atoms with Crippen molar-refractivity contribution in [3.63, 3.8) is 0 Å². The Hall–Kier alpha value is -4.12. The summed E-state index contributed by atoms with van der Waals surface area (Å²) in [6, 6.07) is 15.4. The Balaban J connectivity index is 1.46. The summed E-state index contributed by atoms with van der Waals surface area (Å²) in [5.41, 5.74) is 8.83. The third-order valence-corrected chi connectivity index (χ3v) is 6.93. The molecule has 0 unspecified atom stereocenters. The smallest absolute Gasteiger partial charge is 0.275 e. The number of nitrogen functional groups attached to an aromatic ring is 1. The normalized spacial score (nSPS) is 11.5. The Morgan fingerprint density at radius 1 is 1.11 bits per heavy atom. The zero-order valence-corrected chi connectivity index (χ0v) is 20.1. The van der Waals surface area contributed by atoms with E-state index in [1.54, 1.807) is 43.3 Å². The fourth-order valence-corrected chi connectivity index (χ4v) is 4.96. The van der Waals surface area contributed by atoms with E-state index in [1.807, 2.05) is 19.1 Å². The zero-order chi connectivity index (χ0) is 25.2. The summed E-state index contributed by atoms with van der Waals surface area (Å²) >= 11 is 0. The van der Waals surface area contributed by atoms with Gasteiger partial charge >= 0.3 is 0 Å². The van der Waals surface area contributed by atoms with Crippen molar-refractivity contribution in [3.05, 3.63) is 87.3 Å². The van der Waals surface area contributed by atoms with Gasteiger partial charge in [-0.2, -0.15) is 5.10 Å². The van der Waals surface area contributed by atoms with Crippen LogP contribution in [0.2, 0.25) is 0 Å². The van der Waals surface area contributed by atoms with Crippen LogP contribution in [0, 0.1) is 13.8 Å². The van der Waals surface area contributed by atoms with Crippen molar-refractivity contribution in [2.75, 3.05) is 10.5 Å². The molecule has 2 heterocycles. The molecule has 10 nitrogen and oxygen atoms in total. The molecule has 5 N–H and O–H groups in total. The van der Waals surface area contributed by atoms with Crippen LogP contribution in [-0.4, -0.2) is 29.1 Å². The summed E-state index contributed by atoms with van der Waals surface area (Å²) in [5, 5.41) is 10.5. The second-order valence-electron chi connectivity index (χ2n) is 8.34. The summed E-state index contributed by atoms with van der Waals surface area (Å²) in [4.78, 5) is 25.6. The van der Waals surface area contributed by atoms with Crippen LogP contribution in [0.25, 0.3) is 10.9 Å². The van der Waals surface area contributed by atoms with E-state index in [-0.39, 0.29) is 30.4 Å². The minimum atomic E-state index is -3.82. The van der Waals surface area contributed by atoms with Crippen LogP contribution in [0.5, 0.6) is 0 Å². The number of H-pyrrole nitrogens is 1. The third-order valence-electron chi connectivity index (χ3n) is 5.68. The van der Waals surface area contributed by atoms with Crippen molar-refractivity contribution in [1.82, 2.24) is 20.1 Å². The molecule has 2 aromatic carbocycles. The first kappa shape index (κ1) is 24.0. The van der Waals surface area contributed by atoms with Crippen LogP contribution in [-0.2, 0) is 33.7 Å². The van der Waals surface area contributed by atoms with E-state index in [2.05, 4.69) is 20.2 Å². The predicted octanol–water partition coefficient (Wildman–Crippen LogP) is 2.18. The van der Waals surface area contributed by atoms with E-state index in [0.29, 0.717) is 17.1 Å². The molecule has 0 atom stereocenters. The topological polar surface area (TPSA) is 152 Å². The Kier molecular flexibility index (Phi) is 6.61. The fourth-order valence-electron chi connectivity index (χ4n) is 3.76. The molecule has 0 radical (unpaired) electrons. The average molecular weight is 495 g/mol. The van der Waals surface area contributed by atoms with E-state index >= 15 is 0 Å². The number of sulfonamides is 1. The average Bonchev–Trinajstić information content (AvgIpc) is 3.16. The number of aryl methyl sites for hydroxylation is 2. The van der Waals surface area contributed by atoms with Crippen molar-refractivity contribution in [2.24, 2.45) is 0 Å². The van der Waals surface area contributed by atoms with Crippen molar-refractivity contribution in [3.8, 4) is 0 Å². The summed E-state index contributed by atoms with van der Waals surface area (Å²) < 4.78 is 28.7. The summed E-state index contributed by atoms with van der Waals surface area (Å²) in [6.07, 6.45) is 0. The summed E-state index contributed by atoms with van der Waals surface area (Å²) in [5.74, 6) is -0.247. The predicted molar refractivity (Wildman–Crippen MR) is 135 cm³/mol. The van der Waals surface area contributed by atoms with E-state index < -0.39 is 15.6 Å². The molecule has 1 amide bonds. The van der Waals surface area contributed by atoms with Gasteiger partial charge in [-0.05, 0) is 54.8 Å². The van der Waals surface area contributed by atoms with Crippen LogP contribution < -0.4 is 21.3 Å². The summed E-state index contributed by atoms with van der Waals surface area (Å²) in [6.45, 7) is 3.58. The molecule has 0 saturated carbocycles. The number of nitrogens with one attached hydrogen (secondary N) is 3. The molecular weight excluding hydrogens is 468 g/mol. The Labute approximate surface area is 202 Å². The standard InChI is InChI=1S/C24H26N6O4S/c1-15-10-19-21(27-28-23(19)25)11-18(15)12-26-22(31)13-30-16(2)8-9-20(24(30)32)29-35(33,34)14-17-6-4-3-5-7-17/h3-11,29H,12-14H2,1-2H3,(H,26,31)(H3,25,27,28). The maximum Gasteiger partial charge on any atom is 0.275 e. The van der Waals surface area contributed by atoms with Gasteiger partial charge in [0.25, 0.3) is 5.56 Å². The maximum atomic E-state index is 13.0. The summed E-state index contributed by atoms with van der Waals surface area (Å²) in [7, 11) is -3.82. The van der Waals surface area contributed by atoms with Crippen LogP contribution >= 0.6 is 0 Å². The fraction of sp³-hybridized carbons (Fsp3) is 0.208. The number of anilines is 2. The number of aromatic amines is 1. The van der Waals surface area contributed by atoms with Gasteiger partial charge in [0.1, 0.15) is 12.2 Å². The number of rotatable bonds is 8. The molecule has 0 saturated heterocycles. The van der Waals surface area contributed by atoms with Gasteiger partial charge < -0.3 is 15.6 Å². The third kappa shape index (κ3) is 5.52. The highest BCUT2D eigenvalue weighted by Gasteiger charge is 2.17. The first-order valence-electron chi connectivity index (χ1n) is 10.9. The number of carbonyl (C=O) groups is 1. The zero-order valence-electron chi connectivity index (χ0n) is 19.3. The van der Waals surface area contributed by atoms with Crippen molar-refractivity contribution in [2.45, 2.75) is 32.7 Å². The van der Waals surface area contributed by atoms with Crippen LogP contribution in [0.3, 0.4) is 0 Å². The monoisotopic (exact) mass is 494 g/mol. The molecule has 0 aliphatic rings. The number of hydrogen-bond acceptors (Lipinski definition) is 6. The van der Waals surface area contributed by atoms with Gasteiger partial charge in [0, 0.05) is 17.6 Å². The van der Waals surface area contributed by atoms with Gasteiger partial charge in [0.15, 0.2) is 5.82 Å². The molecular formula is C24H26N6O4S. The minimum absolute atomic E-state index is 0.113. The number of amides is 1. The van der Waals surface area contributed by atoms with Crippen LogP contribution in [0.1, 0.15) is 22.4 Å². The number of pyridine rings is 1. The lowest BCUT2D eigenvalue weighted by Crippen LogP contribution is -2.34. The van der Waals surface area contributed by atoms with Gasteiger partial charge in [-0.25, -0.2) is 8.42 Å². The van der Waals surface area contributed by atoms with Crippen LogP contribution in [0.4, 0.5) is 11.5 Å². The number of nitrogens with zero attached hydrogens (tertiary/aromatic N) is 2. The van der Waals surface area contributed by atoms with Gasteiger partial charge in [-0.3, -0.25) is 19.4 Å². The molecule has 0 fully saturated rings. The van der Waals surface area contributed by atoms with E-state index in [4.69, 9.17) is 5.73 Å². The van der Waals surface area contributed by atoms with E-state index in [9.17, 15) is 18.0 Å². The number of nitrogens with two attached hydrogens (primary N) is 1. The first-order valence-corrected chi connectivity index (χ1v) is 12.5. The van der Waals surface area contributed by atoms with Gasteiger partial charge in [0.05, 0.1) is 11.3 Å². The highest BCUT2D eigenvalue weighted by atomic mass is 32.2. The lowest BCUT2D eigenvalue weighted by atomic mass is 10.1. The highest BCUT2D eigenvalue weighted by Crippen LogP contribution is 2.22. The number of aromatic nitrogens is 3. The SMILES string of the molecule is Cc1cc2c(N)n[nH]c2cc1CNC(=O)Cn1c(C)ccc(NS(=O)(=O)Cc2ccccc2)c1=O. The molecule has 0 aliphatic heterocycles. The highest BCUT2D eigenvalue weighted by molar-refractivity contribution is 7.91. The second-order valence-corrected chi connectivity index (χ2v) is 10.1. The molecule has 2 aromatic heterocycles. The lowest BCUT2D eigenvalue weighted by Gasteiger charge is -2.14. The molecule has 4 aromatic rings. The molecule has 182 valence electrons. The minimum Gasteiger partial charge on any atom is -0.382 e. The first-order chi connectivity index (χ1) is 16.6. The van der Waals surface area contributed by atoms with E-state index in [1.165, 1.54) is 10.6 Å². The van der Waals surface area contributed by atoms with Gasteiger partial charge in [0.2, 0.25) is 15.9 Å². The molecule has 0 aliphatic carbocycles. The van der Waals surface area contributed by atoms with Crippen molar-refractivity contribution >= 4 is 38.3 Å². The molecule has 0 spiro atoms. The lowest BCUT2D eigenvalue weighted by molar-refractivity contribution is -0.121. The van der Waals surface area contributed by atoms with Gasteiger partial charge in [-0.15, -0.1) is 0 Å². The van der Waals surface area contributed by atoms with Crippen LogP contribution in [0.15, 0.2) is 59.4 Å². The maximum absolute atomic E-state index is 13.0. The van der Waals surface area contributed by atoms with Gasteiger partial charge in [-0.1, -0.05) is 30.3 Å². The Morgan fingerprint density at radius 3 is 2.60 bits per heavy atom. The molecule has 0 bridgehead atoms. The number of carbonyl (C=O) groups excluding carboxylic acids is 1. The Bertz CT molecular complexity index is 1560. The molecule has 4 rings (SSSR count). The molecule has 35 heavy (non-hydrogen) atoms. The number of hydrogen-bond donors (Lipinski definition) is 4. The largest absolute Gasteiger partial charge is 0.382 e. The molecule has 11 heteroatoms. The quantitative estimate of drug-likeness (QED) is 0.295. The van der Waals surface area contributed by atoms with Crippen molar-refractivity contribution < 1.29 is 13.2 Å². The number of benzene rings is 2. The Morgan fingerprint density at radius 2 is 1.86 bits per heavy atom.